The molecule has 0 atom stereocenters. The van der Waals surface area contributed by atoms with E-state index in [1.54, 1.807) is 43.5 Å². The topological polar surface area (TPSA) is 76.5 Å². The van der Waals surface area contributed by atoms with Gasteiger partial charge in [-0.3, -0.25) is 9.59 Å². The van der Waals surface area contributed by atoms with Gasteiger partial charge in [-0.2, -0.15) is 0 Å². The van der Waals surface area contributed by atoms with Crippen LogP contribution in [0.2, 0.25) is 0 Å². The number of nitrogens with zero attached hydrogens (tertiary/aromatic N) is 1. The smallest absolute Gasteiger partial charge is 0.319 e. The second-order valence-corrected chi connectivity index (χ2v) is 9.39. The van der Waals surface area contributed by atoms with Crippen LogP contribution in [0.15, 0.2) is 58.3 Å². The van der Waals surface area contributed by atoms with E-state index in [4.69, 9.17) is 4.74 Å². The van der Waals surface area contributed by atoms with Crippen molar-refractivity contribution < 1.29 is 23.8 Å². The summed E-state index contributed by atoms with van der Waals surface area (Å²) in [5.41, 5.74) is 2.04. The first-order valence-corrected chi connectivity index (χ1v) is 10.3. The van der Waals surface area contributed by atoms with Gasteiger partial charge in [0.25, 0.3) is 0 Å². The van der Waals surface area contributed by atoms with E-state index in [1.165, 1.54) is 23.5 Å². The number of thiazole rings is 1. The predicted molar refractivity (Wildman–Crippen MR) is 111 cm³/mol. The Morgan fingerprint density at radius 1 is 1.10 bits per heavy atom. The molecule has 3 aromatic rings. The van der Waals surface area contributed by atoms with Gasteiger partial charge in [0.1, 0.15) is 22.0 Å². The number of carbonyl (C=O) groups excluding carboxylic acids is 1. The second-order valence-electron chi connectivity index (χ2n) is 6.66. The summed E-state index contributed by atoms with van der Waals surface area (Å²) in [5, 5.41) is 10.8. The third-order valence-corrected chi connectivity index (χ3v) is 6.15. The molecule has 1 N–H and O–H groups in total. The van der Waals surface area contributed by atoms with Crippen LogP contribution >= 0.6 is 23.1 Å². The Hall–Kier alpha value is -2.71. The maximum Gasteiger partial charge on any atom is 0.319 e. The number of carbonyl (C=O) groups is 2. The number of ketones is 1. The lowest BCUT2D eigenvalue weighted by Crippen LogP contribution is -2.26. The first-order chi connectivity index (χ1) is 13.7. The van der Waals surface area contributed by atoms with Crippen LogP contribution in [-0.2, 0) is 4.79 Å². The standard InChI is InChI=1S/C21H18FNO4S2/c1-21(2,19(25)26)29-20-23-17(12-28-20)18(24)11-27-16-9-5-14(6-10-16)13-3-7-15(22)8-4-13/h3-10,12H,11H2,1-2H3,(H,25,26). The number of rotatable bonds is 8. The Labute approximate surface area is 175 Å². The zero-order valence-electron chi connectivity index (χ0n) is 15.7. The maximum atomic E-state index is 13.0. The highest BCUT2D eigenvalue weighted by Gasteiger charge is 2.30. The summed E-state index contributed by atoms with van der Waals surface area (Å²) >= 11 is 2.33. The molecule has 150 valence electrons. The molecule has 29 heavy (non-hydrogen) atoms. The Bertz CT molecular complexity index is 1010. The molecule has 0 spiro atoms. The zero-order chi connectivity index (χ0) is 21.0. The minimum Gasteiger partial charge on any atom is -0.485 e. The summed E-state index contributed by atoms with van der Waals surface area (Å²) in [7, 11) is 0. The van der Waals surface area contributed by atoms with Crippen molar-refractivity contribution in [2.75, 3.05) is 6.61 Å². The fourth-order valence-corrected chi connectivity index (χ4v) is 4.48. The van der Waals surface area contributed by atoms with Crippen molar-refractivity contribution in [3.05, 3.63) is 65.4 Å². The highest BCUT2D eigenvalue weighted by molar-refractivity contribution is 8.03. The van der Waals surface area contributed by atoms with Crippen molar-refractivity contribution in [2.24, 2.45) is 0 Å². The van der Waals surface area contributed by atoms with Crippen LogP contribution in [0.4, 0.5) is 4.39 Å². The van der Waals surface area contributed by atoms with Crippen molar-refractivity contribution >= 4 is 34.9 Å². The van der Waals surface area contributed by atoms with E-state index in [2.05, 4.69) is 4.98 Å². The number of carboxylic acids is 1. The lowest BCUT2D eigenvalue weighted by atomic mass is 10.1. The Kier molecular flexibility index (Phi) is 6.34. The highest BCUT2D eigenvalue weighted by Crippen LogP contribution is 2.34. The molecular formula is C21H18FNO4S2. The van der Waals surface area contributed by atoms with Gasteiger partial charge in [0.05, 0.1) is 0 Å². The average molecular weight is 432 g/mol. The molecule has 5 nitrogen and oxygen atoms in total. The molecule has 0 aliphatic carbocycles. The highest BCUT2D eigenvalue weighted by atomic mass is 32.2. The number of aliphatic carboxylic acids is 1. The molecule has 0 aliphatic heterocycles. The average Bonchev–Trinajstić information content (AvgIpc) is 3.15. The van der Waals surface area contributed by atoms with Gasteiger partial charge in [-0.05, 0) is 49.2 Å². The minimum absolute atomic E-state index is 0.175. The van der Waals surface area contributed by atoms with Crippen molar-refractivity contribution in [1.29, 1.82) is 0 Å². The third kappa shape index (κ3) is 5.42. The fourth-order valence-electron chi connectivity index (χ4n) is 2.30. The summed E-state index contributed by atoms with van der Waals surface area (Å²) in [6, 6.07) is 13.3. The molecule has 0 bridgehead atoms. The molecule has 0 amide bonds. The van der Waals surface area contributed by atoms with Gasteiger partial charge in [-0.1, -0.05) is 36.0 Å². The van der Waals surface area contributed by atoms with Crippen LogP contribution in [0, 0.1) is 5.82 Å². The Morgan fingerprint density at radius 3 is 2.28 bits per heavy atom. The third-order valence-electron chi connectivity index (χ3n) is 4.03. The van der Waals surface area contributed by atoms with Crippen LogP contribution in [0.1, 0.15) is 24.3 Å². The molecular weight excluding hydrogens is 413 g/mol. The molecule has 0 aliphatic rings. The zero-order valence-corrected chi connectivity index (χ0v) is 17.3. The first kappa shape index (κ1) is 21.0. The molecule has 2 aromatic carbocycles. The number of benzene rings is 2. The van der Waals surface area contributed by atoms with Crippen molar-refractivity contribution in [3.63, 3.8) is 0 Å². The maximum absolute atomic E-state index is 13.0. The SMILES string of the molecule is CC(C)(Sc1nc(C(=O)COc2ccc(-c3ccc(F)cc3)cc2)cs1)C(=O)O. The van der Waals surface area contributed by atoms with E-state index in [-0.39, 0.29) is 23.9 Å². The van der Waals surface area contributed by atoms with Crippen molar-refractivity contribution in [3.8, 4) is 16.9 Å². The number of halogens is 1. The van der Waals surface area contributed by atoms with E-state index in [0.29, 0.717) is 10.1 Å². The lowest BCUT2D eigenvalue weighted by Gasteiger charge is -2.15. The Morgan fingerprint density at radius 2 is 1.69 bits per heavy atom. The van der Waals surface area contributed by atoms with Crippen LogP contribution in [-0.4, -0.2) is 33.2 Å². The summed E-state index contributed by atoms with van der Waals surface area (Å²) < 4.78 is 18.0. The molecule has 0 saturated heterocycles. The molecule has 1 aromatic heterocycles. The van der Waals surface area contributed by atoms with Gasteiger partial charge >= 0.3 is 5.97 Å². The number of ether oxygens (including phenoxy) is 1. The summed E-state index contributed by atoms with van der Waals surface area (Å²) in [5.74, 6) is -0.995. The predicted octanol–water partition coefficient (Wildman–Crippen LogP) is 5.17. The molecule has 0 unspecified atom stereocenters. The van der Waals surface area contributed by atoms with Crippen LogP contribution in [0.3, 0.4) is 0 Å². The summed E-state index contributed by atoms with van der Waals surface area (Å²) in [4.78, 5) is 27.7. The van der Waals surface area contributed by atoms with Gasteiger partial charge in [-0.15, -0.1) is 11.3 Å². The van der Waals surface area contributed by atoms with E-state index >= 15 is 0 Å². The van der Waals surface area contributed by atoms with Gasteiger partial charge in [0.15, 0.2) is 10.9 Å². The summed E-state index contributed by atoms with van der Waals surface area (Å²) in [6.07, 6.45) is 0. The largest absolute Gasteiger partial charge is 0.485 e. The Balaban J connectivity index is 1.58. The van der Waals surface area contributed by atoms with Crippen molar-refractivity contribution in [2.45, 2.75) is 22.9 Å². The van der Waals surface area contributed by atoms with E-state index in [1.807, 2.05) is 12.1 Å². The monoisotopic (exact) mass is 431 g/mol. The number of aromatic nitrogens is 1. The quantitative estimate of drug-likeness (QED) is 0.392. The normalized spacial score (nSPS) is 11.3. The van der Waals surface area contributed by atoms with Crippen LogP contribution in [0.25, 0.3) is 11.1 Å². The fraction of sp³-hybridized carbons (Fsp3) is 0.190. The molecule has 3 rings (SSSR count). The minimum atomic E-state index is -1.03. The molecule has 0 fully saturated rings. The number of thioether (sulfide) groups is 1. The van der Waals surface area contributed by atoms with Gasteiger partial charge in [0.2, 0.25) is 5.78 Å². The van der Waals surface area contributed by atoms with Gasteiger partial charge < -0.3 is 9.84 Å². The summed E-state index contributed by atoms with van der Waals surface area (Å²) in [6.45, 7) is 3.00. The molecule has 0 radical (unpaired) electrons. The van der Waals surface area contributed by atoms with Crippen LogP contribution < -0.4 is 4.74 Å². The van der Waals surface area contributed by atoms with Crippen LogP contribution in [0.5, 0.6) is 5.75 Å². The molecule has 0 saturated carbocycles. The van der Waals surface area contributed by atoms with E-state index in [9.17, 15) is 19.1 Å². The van der Waals surface area contributed by atoms with E-state index in [0.717, 1.165) is 22.9 Å². The number of Topliss-reactive ketones (excluding diaryl/α,β-unsaturated/α-hetero) is 1. The van der Waals surface area contributed by atoms with Gasteiger partial charge in [-0.25, -0.2) is 9.37 Å². The lowest BCUT2D eigenvalue weighted by molar-refractivity contribution is -0.138. The van der Waals surface area contributed by atoms with E-state index < -0.39 is 10.7 Å². The number of carboxylic acid groups (broad SMARTS) is 1. The number of hydrogen-bond donors (Lipinski definition) is 1. The number of hydrogen-bond acceptors (Lipinski definition) is 6. The second kappa shape index (κ2) is 8.75. The van der Waals surface area contributed by atoms with Crippen molar-refractivity contribution in [1.82, 2.24) is 4.98 Å². The molecule has 1 heterocycles. The molecule has 8 heteroatoms. The first-order valence-electron chi connectivity index (χ1n) is 8.64. The van der Waals surface area contributed by atoms with Gasteiger partial charge in [0, 0.05) is 5.38 Å².